The minimum absolute atomic E-state index is 0.138. The monoisotopic (exact) mass is 854 g/mol. The molecule has 0 aromatic heterocycles. The van der Waals surface area contributed by atoms with Crippen LogP contribution in [0.1, 0.15) is 251 Å². The molecule has 356 valence electrons. The van der Waals surface area contributed by atoms with E-state index in [4.69, 9.17) is 9.47 Å². The van der Waals surface area contributed by atoms with Crippen LogP contribution in [0.5, 0.6) is 0 Å². The van der Waals surface area contributed by atoms with Crippen molar-refractivity contribution in [3.63, 3.8) is 0 Å². The number of allylic oxidation sites excluding steroid dienone is 2. The molecule has 9 heteroatoms. The number of hydrogen-bond acceptors (Lipinski definition) is 8. The van der Waals surface area contributed by atoms with Gasteiger partial charge in [-0.1, -0.05) is 225 Å². The Labute approximate surface area is 369 Å². The van der Waals surface area contributed by atoms with Gasteiger partial charge in [-0.2, -0.15) is 0 Å². The molecule has 0 spiro atoms. The summed E-state index contributed by atoms with van der Waals surface area (Å²) in [7, 11) is 0. The van der Waals surface area contributed by atoms with E-state index in [1.54, 1.807) is 0 Å². The Kier molecular flexibility index (Phi) is 39.8. The molecule has 0 bridgehead atoms. The first-order chi connectivity index (χ1) is 29.3. The number of carbonyl (C=O) groups is 1. The van der Waals surface area contributed by atoms with Gasteiger partial charge in [-0.3, -0.25) is 4.79 Å². The molecule has 1 amide bonds. The molecule has 7 unspecified atom stereocenters. The predicted octanol–water partition coefficient (Wildman–Crippen LogP) is 11.7. The molecular weight excluding hydrogens is 755 g/mol. The van der Waals surface area contributed by atoms with Crippen LogP contribution in [0.2, 0.25) is 0 Å². The molecule has 1 aliphatic rings. The van der Waals surface area contributed by atoms with Crippen molar-refractivity contribution >= 4 is 5.91 Å². The largest absolute Gasteiger partial charge is 0.394 e. The Balaban J connectivity index is 2.15. The quantitative estimate of drug-likeness (QED) is 0.0262. The van der Waals surface area contributed by atoms with Crippen molar-refractivity contribution in [3.05, 3.63) is 12.2 Å². The first kappa shape index (κ1) is 56.9. The molecule has 0 saturated carbocycles. The molecule has 1 heterocycles. The summed E-state index contributed by atoms with van der Waals surface area (Å²) >= 11 is 0. The van der Waals surface area contributed by atoms with Crippen molar-refractivity contribution in [1.29, 1.82) is 0 Å². The highest BCUT2D eigenvalue weighted by Gasteiger charge is 2.44. The third-order valence-corrected chi connectivity index (χ3v) is 12.6. The maximum Gasteiger partial charge on any atom is 0.220 e. The Hall–Kier alpha value is -1.07. The standard InChI is InChI=1S/C51H99NO8/c1-3-5-7-9-11-13-15-16-17-18-19-20-21-22-23-24-25-26-27-28-29-30-31-32-34-36-38-40-45(54)44(43-59-51-50(58)49(57)48(56)46(42-53)60-51)52-47(55)41-39-37-35-33-14-12-10-8-6-4-2/h8,10,44-46,48-51,53-54,56-58H,3-7,9,11-43H2,1-2H3,(H,52,55)/b10-8-. The van der Waals surface area contributed by atoms with Gasteiger partial charge in [0.15, 0.2) is 6.29 Å². The number of hydrogen-bond donors (Lipinski definition) is 6. The first-order valence-corrected chi connectivity index (χ1v) is 25.9. The number of ether oxygens (including phenoxy) is 2. The average Bonchev–Trinajstić information content (AvgIpc) is 3.25. The van der Waals surface area contributed by atoms with Crippen LogP contribution in [-0.2, 0) is 14.3 Å². The molecule has 0 radical (unpaired) electrons. The van der Waals surface area contributed by atoms with Gasteiger partial charge in [0, 0.05) is 6.42 Å². The number of rotatable bonds is 44. The second-order valence-electron chi connectivity index (χ2n) is 18.3. The van der Waals surface area contributed by atoms with Crippen molar-refractivity contribution in [2.75, 3.05) is 13.2 Å². The normalized spacial score (nSPS) is 20.6. The van der Waals surface area contributed by atoms with E-state index in [0.717, 1.165) is 64.2 Å². The van der Waals surface area contributed by atoms with Crippen molar-refractivity contribution < 1.29 is 39.8 Å². The smallest absolute Gasteiger partial charge is 0.220 e. The van der Waals surface area contributed by atoms with E-state index in [-0.39, 0.29) is 12.5 Å². The van der Waals surface area contributed by atoms with E-state index in [2.05, 4.69) is 31.3 Å². The SMILES string of the molecule is CCC/C=C\CCCCCCCC(=O)NC(COC1OC(CO)C(O)C(O)C1O)C(O)CCCCCCCCCCCCCCCCCCCCCCCCCCCCC. The molecule has 1 aliphatic heterocycles. The number of aliphatic hydroxyl groups is 5. The zero-order chi connectivity index (χ0) is 43.7. The molecule has 9 nitrogen and oxygen atoms in total. The molecule has 1 saturated heterocycles. The van der Waals surface area contributed by atoms with E-state index in [1.807, 2.05) is 0 Å². The summed E-state index contributed by atoms with van der Waals surface area (Å²) in [6.45, 7) is 3.78. The van der Waals surface area contributed by atoms with Crippen molar-refractivity contribution in [3.8, 4) is 0 Å². The van der Waals surface area contributed by atoms with Crippen molar-refractivity contribution in [2.45, 2.75) is 294 Å². The van der Waals surface area contributed by atoms with Crippen LogP contribution in [-0.4, -0.2) is 87.5 Å². The second kappa shape index (κ2) is 41.9. The summed E-state index contributed by atoms with van der Waals surface area (Å²) in [5.74, 6) is -0.154. The second-order valence-corrected chi connectivity index (χ2v) is 18.3. The van der Waals surface area contributed by atoms with E-state index < -0.39 is 49.5 Å². The zero-order valence-corrected chi connectivity index (χ0v) is 39.2. The zero-order valence-electron chi connectivity index (χ0n) is 39.2. The van der Waals surface area contributed by atoms with Crippen LogP contribution in [0.3, 0.4) is 0 Å². The Morgan fingerprint density at radius 1 is 0.550 bits per heavy atom. The van der Waals surface area contributed by atoms with Crippen molar-refractivity contribution in [2.24, 2.45) is 0 Å². The minimum atomic E-state index is -1.55. The summed E-state index contributed by atoms with van der Waals surface area (Å²) in [4.78, 5) is 12.9. The summed E-state index contributed by atoms with van der Waals surface area (Å²) in [6, 6.07) is -0.719. The lowest BCUT2D eigenvalue weighted by Gasteiger charge is -2.40. The molecule has 6 N–H and O–H groups in total. The Bertz CT molecular complexity index is 950. The van der Waals surface area contributed by atoms with E-state index in [0.29, 0.717) is 12.8 Å². The summed E-state index contributed by atoms with van der Waals surface area (Å²) in [5, 5.41) is 54.4. The lowest BCUT2D eigenvalue weighted by molar-refractivity contribution is -0.302. The van der Waals surface area contributed by atoms with Gasteiger partial charge in [-0.25, -0.2) is 0 Å². The van der Waals surface area contributed by atoms with Gasteiger partial charge in [0.2, 0.25) is 5.91 Å². The molecule has 0 aliphatic carbocycles. The minimum Gasteiger partial charge on any atom is -0.394 e. The third kappa shape index (κ3) is 31.7. The maximum atomic E-state index is 12.9. The van der Waals surface area contributed by atoms with Gasteiger partial charge in [0.05, 0.1) is 25.4 Å². The molecule has 7 atom stereocenters. The lowest BCUT2D eigenvalue weighted by atomic mass is 9.99. The van der Waals surface area contributed by atoms with Gasteiger partial charge in [-0.15, -0.1) is 0 Å². The fourth-order valence-corrected chi connectivity index (χ4v) is 8.46. The first-order valence-electron chi connectivity index (χ1n) is 25.9. The van der Waals surface area contributed by atoms with Crippen molar-refractivity contribution in [1.82, 2.24) is 5.32 Å². The van der Waals surface area contributed by atoms with Crippen LogP contribution in [0, 0.1) is 0 Å². The van der Waals surface area contributed by atoms with Crippen LogP contribution in [0.25, 0.3) is 0 Å². The summed E-state index contributed by atoms with van der Waals surface area (Å²) < 4.78 is 11.3. The lowest BCUT2D eigenvalue weighted by Crippen LogP contribution is -2.60. The number of amides is 1. The van der Waals surface area contributed by atoms with Crippen LogP contribution in [0.4, 0.5) is 0 Å². The number of unbranched alkanes of at least 4 members (excludes halogenated alkanes) is 32. The van der Waals surface area contributed by atoms with E-state index >= 15 is 0 Å². The highest BCUT2D eigenvalue weighted by Crippen LogP contribution is 2.23. The number of carbonyl (C=O) groups excluding carboxylic acids is 1. The van der Waals surface area contributed by atoms with Gasteiger partial charge < -0.3 is 40.3 Å². The van der Waals surface area contributed by atoms with E-state index in [1.165, 1.54) is 161 Å². The molecule has 60 heavy (non-hydrogen) atoms. The fourth-order valence-electron chi connectivity index (χ4n) is 8.46. The van der Waals surface area contributed by atoms with Gasteiger partial charge in [-0.05, 0) is 32.1 Å². The molecule has 0 aromatic rings. The van der Waals surface area contributed by atoms with Crippen LogP contribution < -0.4 is 5.32 Å². The third-order valence-electron chi connectivity index (χ3n) is 12.6. The van der Waals surface area contributed by atoms with Gasteiger partial charge in [0.25, 0.3) is 0 Å². The average molecular weight is 854 g/mol. The summed E-state index contributed by atoms with van der Waals surface area (Å²) in [5.41, 5.74) is 0. The Morgan fingerprint density at radius 2 is 0.967 bits per heavy atom. The summed E-state index contributed by atoms with van der Waals surface area (Å²) in [6.07, 6.45) is 42.5. The van der Waals surface area contributed by atoms with Gasteiger partial charge in [0.1, 0.15) is 24.4 Å². The van der Waals surface area contributed by atoms with Gasteiger partial charge >= 0.3 is 0 Å². The molecular formula is C51H99NO8. The molecule has 0 aromatic carbocycles. The molecule has 1 fully saturated rings. The maximum absolute atomic E-state index is 12.9. The highest BCUT2D eigenvalue weighted by atomic mass is 16.7. The van der Waals surface area contributed by atoms with E-state index in [9.17, 15) is 30.3 Å². The van der Waals surface area contributed by atoms with Crippen LogP contribution >= 0.6 is 0 Å². The predicted molar refractivity (Wildman–Crippen MR) is 249 cm³/mol. The topological polar surface area (TPSA) is 149 Å². The Morgan fingerprint density at radius 3 is 1.42 bits per heavy atom. The molecule has 1 rings (SSSR count). The number of aliphatic hydroxyl groups excluding tert-OH is 5. The highest BCUT2D eigenvalue weighted by molar-refractivity contribution is 5.76. The number of nitrogens with one attached hydrogen (secondary N) is 1. The fraction of sp³-hybridized carbons (Fsp3) is 0.941. The van der Waals surface area contributed by atoms with Crippen LogP contribution in [0.15, 0.2) is 12.2 Å².